The van der Waals surface area contributed by atoms with Gasteiger partial charge in [0.1, 0.15) is 0 Å². The number of hydrogen-bond donors (Lipinski definition) is 1. The van der Waals surface area contributed by atoms with Gasteiger partial charge < -0.3 is 4.98 Å². The lowest BCUT2D eigenvalue weighted by molar-refractivity contribution is -0.384. The number of nitro groups is 1. The summed E-state index contributed by atoms with van der Waals surface area (Å²) in [5.41, 5.74) is 2.21. The molecule has 2 aromatic carbocycles. The second-order valence-corrected chi connectivity index (χ2v) is 8.66. The molecule has 4 rings (SSSR count). The van der Waals surface area contributed by atoms with Crippen molar-refractivity contribution in [3.8, 4) is 0 Å². The lowest BCUT2D eigenvalue weighted by Gasteiger charge is -2.31. The SMILES string of the molecule is O=[N+]([O-])c1ccc(S(=O)(=O)N2CCC(c3c[nH]c4ccccc34)CC2)cc1. The lowest BCUT2D eigenvalue weighted by Crippen LogP contribution is -2.37. The highest BCUT2D eigenvalue weighted by atomic mass is 32.2. The van der Waals surface area contributed by atoms with Crippen LogP contribution in [0.15, 0.2) is 59.6 Å². The van der Waals surface area contributed by atoms with E-state index in [9.17, 15) is 18.5 Å². The minimum absolute atomic E-state index is 0.0960. The van der Waals surface area contributed by atoms with Crippen LogP contribution in [-0.4, -0.2) is 35.7 Å². The number of para-hydroxylation sites is 1. The maximum Gasteiger partial charge on any atom is 0.269 e. The predicted octanol–water partition coefficient (Wildman–Crippen LogP) is 3.64. The fourth-order valence-electron chi connectivity index (χ4n) is 3.73. The van der Waals surface area contributed by atoms with Crippen molar-refractivity contribution in [1.29, 1.82) is 0 Å². The van der Waals surface area contributed by atoms with Crippen molar-refractivity contribution in [3.05, 3.63) is 70.4 Å². The van der Waals surface area contributed by atoms with Gasteiger partial charge in [-0.2, -0.15) is 4.31 Å². The molecule has 27 heavy (non-hydrogen) atoms. The van der Waals surface area contributed by atoms with Crippen LogP contribution in [0.5, 0.6) is 0 Å². The second-order valence-electron chi connectivity index (χ2n) is 6.72. The number of aromatic nitrogens is 1. The van der Waals surface area contributed by atoms with Crippen LogP contribution in [-0.2, 0) is 10.0 Å². The van der Waals surface area contributed by atoms with Crippen molar-refractivity contribution < 1.29 is 13.3 Å². The van der Waals surface area contributed by atoms with E-state index in [1.807, 2.05) is 24.4 Å². The molecule has 0 aliphatic carbocycles. The molecule has 140 valence electrons. The average molecular weight is 385 g/mol. The summed E-state index contributed by atoms with van der Waals surface area (Å²) in [5, 5.41) is 11.9. The molecule has 0 amide bonds. The van der Waals surface area contributed by atoms with Crippen LogP contribution in [0.3, 0.4) is 0 Å². The summed E-state index contributed by atoms with van der Waals surface area (Å²) in [6.45, 7) is 0.868. The van der Waals surface area contributed by atoms with Gasteiger partial charge in [0.05, 0.1) is 9.82 Å². The van der Waals surface area contributed by atoms with E-state index in [2.05, 4.69) is 11.1 Å². The van der Waals surface area contributed by atoms with Crippen LogP contribution >= 0.6 is 0 Å². The van der Waals surface area contributed by atoms with Crippen LogP contribution in [0, 0.1) is 10.1 Å². The van der Waals surface area contributed by atoms with Crippen molar-refractivity contribution >= 4 is 26.6 Å². The molecular formula is C19H19N3O4S. The molecule has 1 N–H and O–H groups in total. The number of fused-ring (bicyclic) bond motifs is 1. The molecule has 0 radical (unpaired) electrons. The molecule has 0 unspecified atom stereocenters. The van der Waals surface area contributed by atoms with E-state index in [4.69, 9.17) is 0 Å². The molecule has 1 aliphatic heterocycles. The van der Waals surface area contributed by atoms with Crippen molar-refractivity contribution in [2.75, 3.05) is 13.1 Å². The monoisotopic (exact) mass is 385 g/mol. The van der Waals surface area contributed by atoms with E-state index in [1.54, 1.807) is 0 Å². The summed E-state index contributed by atoms with van der Waals surface area (Å²) >= 11 is 0. The summed E-state index contributed by atoms with van der Waals surface area (Å²) in [4.78, 5) is 13.6. The Kier molecular flexibility index (Phi) is 4.45. The fraction of sp³-hybridized carbons (Fsp3) is 0.263. The van der Waals surface area contributed by atoms with Gasteiger partial charge in [-0.15, -0.1) is 0 Å². The number of nitro benzene ring substituents is 1. The number of hydrogen-bond acceptors (Lipinski definition) is 4. The van der Waals surface area contributed by atoms with Gasteiger partial charge in [-0.3, -0.25) is 10.1 Å². The smallest absolute Gasteiger partial charge is 0.269 e. The number of aromatic amines is 1. The zero-order chi connectivity index (χ0) is 19.0. The minimum Gasteiger partial charge on any atom is -0.361 e. The summed E-state index contributed by atoms with van der Waals surface area (Å²) in [6, 6.07) is 13.2. The Morgan fingerprint density at radius 1 is 1.04 bits per heavy atom. The Balaban J connectivity index is 1.50. The van der Waals surface area contributed by atoms with Gasteiger partial charge in [-0.05, 0) is 42.5 Å². The van der Waals surface area contributed by atoms with Crippen LogP contribution in [0.25, 0.3) is 10.9 Å². The fourth-order valence-corrected chi connectivity index (χ4v) is 5.20. The number of nitrogens with one attached hydrogen (secondary N) is 1. The molecule has 1 aromatic heterocycles. The first-order valence-electron chi connectivity index (χ1n) is 8.77. The molecular weight excluding hydrogens is 366 g/mol. The van der Waals surface area contributed by atoms with Gasteiger partial charge in [0.2, 0.25) is 10.0 Å². The number of non-ortho nitro benzene ring substituents is 1. The number of benzene rings is 2. The molecule has 8 heteroatoms. The van der Waals surface area contributed by atoms with E-state index in [0.717, 1.165) is 18.4 Å². The van der Waals surface area contributed by atoms with Gasteiger partial charge in [0, 0.05) is 42.3 Å². The first-order valence-corrected chi connectivity index (χ1v) is 10.2. The number of sulfonamides is 1. The summed E-state index contributed by atoms with van der Waals surface area (Å²) in [7, 11) is -3.64. The molecule has 3 aromatic rings. The minimum atomic E-state index is -3.64. The quantitative estimate of drug-likeness (QED) is 0.548. The second kappa shape index (κ2) is 6.79. The lowest BCUT2D eigenvalue weighted by atomic mass is 9.90. The zero-order valence-corrected chi connectivity index (χ0v) is 15.4. The number of nitrogens with zero attached hydrogens (tertiary/aromatic N) is 2. The molecule has 1 saturated heterocycles. The molecule has 1 aliphatic rings. The standard InChI is InChI=1S/C19H19N3O4S/c23-22(24)15-5-7-16(8-6-15)27(25,26)21-11-9-14(10-12-21)18-13-20-19-4-2-1-3-17(18)19/h1-8,13-14,20H,9-12H2. The zero-order valence-electron chi connectivity index (χ0n) is 14.5. The third kappa shape index (κ3) is 3.22. The number of H-pyrrole nitrogens is 1. The van der Waals surface area contributed by atoms with Crippen LogP contribution in [0.1, 0.15) is 24.3 Å². The van der Waals surface area contributed by atoms with Gasteiger partial charge in [-0.25, -0.2) is 8.42 Å². The van der Waals surface area contributed by atoms with Crippen molar-refractivity contribution in [2.24, 2.45) is 0 Å². The van der Waals surface area contributed by atoms with E-state index in [1.165, 1.54) is 39.5 Å². The Hall–Kier alpha value is -2.71. The third-order valence-corrected chi connectivity index (χ3v) is 7.11. The Labute approximate surface area is 156 Å². The molecule has 0 bridgehead atoms. The highest BCUT2D eigenvalue weighted by Crippen LogP contribution is 2.34. The van der Waals surface area contributed by atoms with Crippen LogP contribution in [0.4, 0.5) is 5.69 Å². The van der Waals surface area contributed by atoms with E-state index in [0.29, 0.717) is 19.0 Å². The largest absolute Gasteiger partial charge is 0.361 e. The highest BCUT2D eigenvalue weighted by molar-refractivity contribution is 7.89. The Bertz CT molecular complexity index is 1080. The van der Waals surface area contributed by atoms with Gasteiger partial charge >= 0.3 is 0 Å². The van der Waals surface area contributed by atoms with Crippen LogP contribution in [0.2, 0.25) is 0 Å². The first-order chi connectivity index (χ1) is 13.0. The van der Waals surface area contributed by atoms with Crippen molar-refractivity contribution in [3.63, 3.8) is 0 Å². The Morgan fingerprint density at radius 3 is 2.37 bits per heavy atom. The maximum atomic E-state index is 12.8. The molecule has 0 saturated carbocycles. The molecule has 2 heterocycles. The van der Waals surface area contributed by atoms with Gasteiger partial charge in [-0.1, -0.05) is 18.2 Å². The molecule has 1 fully saturated rings. The average Bonchev–Trinajstić information content (AvgIpc) is 3.12. The van der Waals surface area contributed by atoms with Gasteiger partial charge in [0.15, 0.2) is 0 Å². The van der Waals surface area contributed by atoms with E-state index >= 15 is 0 Å². The topological polar surface area (TPSA) is 96.3 Å². The van der Waals surface area contributed by atoms with Gasteiger partial charge in [0.25, 0.3) is 5.69 Å². The Morgan fingerprint density at radius 2 is 1.70 bits per heavy atom. The first kappa shape index (κ1) is 17.7. The van der Waals surface area contributed by atoms with E-state index in [-0.39, 0.29) is 10.6 Å². The number of piperidine rings is 1. The number of rotatable bonds is 4. The summed E-state index contributed by atoms with van der Waals surface area (Å²) in [6.07, 6.45) is 3.51. The summed E-state index contributed by atoms with van der Waals surface area (Å²) in [5.74, 6) is 0.310. The molecule has 7 nitrogen and oxygen atoms in total. The van der Waals surface area contributed by atoms with Crippen LogP contribution < -0.4 is 0 Å². The highest BCUT2D eigenvalue weighted by Gasteiger charge is 2.31. The van der Waals surface area contributed by atoms with Crippen molar-refractivity contribution in [1.82, 2.24) is 9.29 Å². The van der Waals surface area contributed by atoms with Crippen molar-refractivity contribution in [2.45, 2.75) is 23.7 Å². The summed E-state index contributed by atoms with van der Waals surface area (Å²) < 4.78 is 27.1. The molecule has 0 atom stereocenters. The maximum absolute atomic E-state index is 12.8. The normalized spacial score (nSPS) is 16.6. The third-order valence-electron chi connectivity index (χ3n) is 5.20. The van der Waals surface area contributed by atoms with E-state index < -0.39 is 14.9 Å². The predicted molar refractivity (Wildman–Crippen MR) is 102 cm³/mol. The molecule has 0 spiro atoms.